The molecule has 0 bridgehead atoms. The largest absolute Gasteiger partial charge is 0.308 e. The van der Waals surface area contributed by atoms with Crippen LogP contribution < -0.4 is 0 Å². The molecule has 0 radical (unpaired) electrons. The molecule has 0 aliphatic heterocycles. The van der Waals surface area contributed by atoms with E-state index in [1.54, 1.807) is 12.3 Å². The maximum Gasteiger partial charge on any atom is 0.0992 e. The first-order valence-electron chi connectivity index (χ1n) is 15.5. The highest BCUT2D eigenvalue weighted by Crippen LogP contribution is 2.38. The maximum absolute atomic E-state index is 9.68. The molecule has 48 heavy (non-hydrogen) atoms. The smallest absolute Gasteiger partial charge is 0.0992 e. The van der Waals surface area contributed by atoms with Gasteiger partial charge in [-0.15, -0.1) is 0 Å². The fourth-order valence-electron chi connectivity index (χ4n) is 6.87. The Bertz CT molecular complexity index is 2780. The summed E-state index contributed by atoms with van der Waals surface area (Å²) < 4.78 is 4.32. The van der Waals surface area contributed by atoms with Crippen LogP contribution in [-0.2, 0) is 0 Å². The Labute approximate surface area is 274 Å². The van der Waals surface area contributed by atoms with Crippen LogP contribution in [0.1, 0.15) is 11.1 Å². The Balaban J connectivity index is 1.27. The molecule has 4 aromatic carbocycles. The molecule has 7 nitrogen and oxygen atoms in total. The highest BCUT2D eigenvalue weighted by Gasteiger charge is 2.19. The van der Waals surface area contributed by atoms with Crippen LogP contribution in [0.2, 0.25) is 0 Å². The molecular weight excluding hydrogens is 591 g/mol. The van der Waals surface area contributed by atoms with Gasteiger partial charge in [-0.1, -0.05) is 36.4 Å². The Kier molecular flexibility index (Phi) is 6.11. The Morgan fingerprint density at radius 2 is 1.06 bits per heavy atom. The molecule has 9 aromatic rings. The lowest BCUT2D eigenvalue weighted by atomic mass is 9.96. The lowest BCUT2D eigenvalue weighted by Crippen LogP contribution is -1.97. The van der Waals surface area contributed by atoms with Crippen molar-refractivity contribution in [3.8, 4) is 45.9 Å². The first-order valence-corrected chi connectivity index (χ1v) is 15.5. The van der Waals surface area contributed by atoms with Gasteiger partial charge in [0.2, 0.25) is 0 Å². The predicted molar refractivity (Wildman–Crippen MR) is 189 cm³/mol. The van der Waals surface area contributed by atoms with Crippen molar-refractivity contribution >= 4 is 43.9 Å². The van der Waals surface area contributed by atoms with Crippen molar-refractivity contribution in [3.63, 3.8) is 0 Å². The highest BCUT2D eigenvalue weighted by molar-refractivity contribution is 6.11. The summed E-state index contributed by atoms with van der Waals surface area (Å²) in [6, 6.07) is 44.9. The molecule has 0 aliphatic carbocycles. The molecule has 5 aromatic heterocycles. The molecule has 0 saturated carbocycles. The van der Waals surface area contributed by atoms with E-state index in [-0.39, 0.29) is 0 Å². The van der Waals surface area contributed by atoms with E-state index < -0.39 is 0 Å². The number of benzene rings is 4. The molecule has 5 heterocycles. The number of nitrogens with zero attached hydrogens (tertiary/aromatic N) is 7. The maximum atomic E-state index is 9.68. The van der Waals surface area contributed by atoms with E-state index in [9.17, 15) is 10.5 Å². The fourth-order valence-corrected chi connectivity index (χ4v) is 6.87. The van der Waals surface area contributed by atoms with Crippen LogP contribution in [0.5, 0.6) is 0 Å². The first kappa shape index (κ1) is 27.2. The van der Waals surface area contributed by atoms with Crippen molar-refractivity contribution in [1.82, 2.24) is 24.1 Å². The van der Waals surface area contributed by atoms with E-state index in [1.165, 1.54) is 0 Å². The van der Waals surface area contributed by atoms with Gasteiger partial charge in [0.05, 0.1) is 62.1 Å². The zero-order valence-corrected chi connectivity index (χ0v) is 25.4. The zero-order chi connectivity index (χ0) is 32.2. The number of fused-ring (bicyclic) bond motifs is 6. The molecule has 0 amide bonds. The number of hydrogen-bond acceptors (Lipinski definition) is 5. The lowest BCUT2D eigenvalue weighted by molar-refractivity contribution is 1.16. The van der Waals surface area contributed by atoms with Crippen LogP contribution in [0.15, 0.2) is 140 Å². The van der Waals surface area contributed by atoms with Crippen LogP contribution in [0.4, 0.5) is 0 Å². The third kappa shape index (κ3) is 4.16. The number of rotatable bonds is 4. The van der Waals surface area contributed by atoms with Crippen LogP contribution in [0.25, 0.3) is 77.6 Å². The van der Waals surface area contributed by atoms with Crippen LogP contribution in [0.3, 0.4) is 0 Å². The van der Waals surface area contributed by atoms with E-state index in [4.69, 9.17) is 9.97 Å². The topological polar surface area (TPSA) is 96.1 Å². The van der Waals surface area contributed by atoms with Crippen LogP contribution in [0, 0.1) is 22.7 Å². The van der Waals surface area contributed by atoms with Crippen LogP contribution >= 0.6 is 0 Å². The summed E-state index contributed by atoms with van der Waals surface area (Å²) in [7, 11) is 0. The van der Waals surface area contributed by atoms with Gasteiger partial charge in [0.25, 0.3) is 0 Å². The van der Waals surface area contributed by atoms with E-state index in [0.717, 1.165) is 77.6 Å². The average Bonchev–Trinajstić information content (AvgIpc) is 3.67. The van der Waals surface area contributed by atoms with Crippen molar-refractivity contribution in [2.45, 2.75) is 0 Å². The molecule has 0 spiro atoms. The number of pyridine rings is 3. The van der Waals surface area contributed by atoms with E-state index in [1.807, 2.05) is 67.0 Å². The van der Waals surface area contributed by atoms with Gasteiger partial charge in [-0.05, 0) is 96.1 Å². The second-order valence-corrected chi connectivity index (χ2v) is 11.6. The SMILES string of the molecule is N#Cc1cc(C#N)cc(-n2c3ccc(-n4c5ccc(-c6ccccc6-c6ccccn6)cc5c5ncccc54)cc3c3ncccc32)c1. The summed E-state index contributed by atoms with van der Waals surface area (Å²) in [4.78, 5) is 14.3. The van der Waals surface area contributed by atoms with Gasteiger partial charge < -0.3 is 9.13 Å². The Morgan fingerprint density at radius 3 is 1.73 bits per heavy atom. The average molecular weight is 614 g/mol. The second kappa shape index (κ2) is 10.8. The van der Waals surface area contributed by atoms with Gasteiger partial charge in [-0.3, -0.25) is 15.0 Å². The molecule has 9 rings (SSSR count). The fraction of sp³-hybridized carbons (Fsp3) is 0. The van der Waals surface area contributed by atoms with E-state index >= 15 is 0 Å². The summed E-state index contributed by atoms with van der Waals surface area (Å²) in [5, 5.41) is 21.4. The van der Waals surface area contributed by atoms with Gasteiger partial charge in [0, 0.05) is 46.3 Å². The first-order chi connectivity index (χ1) is 23.7. The number of hydrogen-bond donors (Lipinski definition) is 0. The predicted octanol–water partition coefficient (Wildman–Crippen LogP) is 9.14. The van der Waals surface area contributed by atoms with Gasteiger partial charge in [0.15, 0.2) is 0 Å². The molecule has 7 heteroatoms. The van der Waals surface area contributed by atoms with Gasteiger partial charge in [-0.2, -0.15) is 10.5 Å². The summed E-state index contributed by atoms with van der Waals surface area (Å²) in [6.07, 6.45) is 5.45. The van der Waals surface area contributed by atoms with Crippen molar-refractivity contribution < 1.29 is 0 Å². The van der Waals surface area contributed by atoms with Gasteiger partial charge >= 0.3 is 0 Å². The summed E-state index contributed by atoms with van der Waals surface area (Å²) >= 11 is 0. The van der Waals surface area contributed by atoms with Crippen LogP contribution in [-0.4, -0.2) is 24.1 Å². The van der Waals surface area contributed by atoms with Crippen molar-refractivity contribution in [1.29, 1.82) is 10.5 Å². The standard InChI is InChI=1S/C41H23N7/c42-24-26-19-27(25-43)21-30(20-26)48-37-15-13-29(23-34(37)41-39(48)11-6-18-46-41)47-36-14-12-28(22-33(36)40-38(47)10-5-17-45-40)31-7-1-2-8-32(31)35-9-3-4-16-44-35/h1-23H. The molecule has 0 N–H and O–H groups in total. The quantitative estimate of drug-likeness (QED) is 0.197. The highest BCUT2D eigenvalue weighted by atomic mass is 15.0. The third-order valence-corrected chi connectivity index (χ3v) is 8.89. The molecule has 0 atom stereocenters. The molecule has 222 valence electrons. The molecule has 0 saturated heterocycles. The molecule has 0 aliphatic rings. The third-order valence-electron chi connectivity index (χ3n) is 8.89. The van der Waals surface area contributed by atoms with Gasteiger partial charge in [0.1, 0.15) is 0 Å². The van der Waals surface area contributed by atoms with E-state index in [0.29, 0.717) is 11.1 Å². The monoisotopic (exact) mass is 613 g/mol. The molecule has 0 unspecified atom stereocenters. The lowest BCUT2D eigenvalue weighted by Gasteiger charge is -2.12. The minimum absolute atomic E-state index is 0.430. The second-order valence-electron chi connectivity index (χ2n) is 11.6. The minimum atomic E-state index is 0.430. The molecule has 0 fully saturated rings. The summed E-state index contributed by atoms with van der Waals surface area (Å²) in [5.74, 6) is 0. The number of nitriles is 2. The van der Waals surface area contributed by atoms with Crippen molar-refractivity contribution in [2.75, 3.05) is 0 Å². The van der Waals surface area contributed by atoms with Gasteiger partial charge in [-0.25, -0.2) is 0 Å². The summed E-state index contributed by atoms with van der Waals surface area (Å²) in [6.45, 7) is 0. The zero-order valence-electron chi connectivity index (χ0n) is 25.4. The van der Waals surface area contributed by atoms with Crippen molar-refractivity contribution in [3.05, 3.63) is 151 Å². The Hall–Kier alpha value is -7.09. The molecular formula is C41H23N7. The normalized spacial score (nSPS) is 11.3. The Morgan fingerprint density at radius 1 is 0.458 bits per heavy atom. The van der Waals surface area contributed by atoms with E-state index in [2.05, 4.69) is 86.9 Å². The van der Waals surface area contributed by atoms with Crippen molar-refractivity contribution in [2.24, 2.45) is 0 Å². The minimum Gasteiger partial charge on any atom is -0.308 e. The number of aromatic nitrogens is 5. The summed E-state index contributed by atoms with van der Waals surface area (Å²) in [5.41, 5.74) is 12.4.